The van der Waals surface area contributed by atoms with Gasteiger partial charge < -0.3 is 5.32 Å². The van der Waals surface area contributed by atoms with Crippen LogP contribution in [0.1, 0.15) is 45.7 Å². The highest BCUT2D eigenvalue weighted by Crippen LogP contribution is 2.28. The highest BCUT2D eigenvalue weighted by molar-refractivity contribution is 7.71. The topological polar surface area (TPSA) is 89.0 Å². The first-order chi connectivity index (χ1) is 15.0. The molecule has 3 rings (SSSR count). The van der Waals surface area contributed by atoms with Crippen molar-refractivity contribution in [2.45, 2.75) is 31.8 Å². The molecule has 2 aromatic heterocycles. The van der Waals surface area contributed by atoms with E-state index in [-0.39, 0.29) is 11.3 Å². The maximum atomic E-state index is 12.8. The number of carbonyl (C=O) groups is 1. The number of aryl methyl sites for hydroxylation is 1. The second kappa shape index (κ2) is 9.47. The first kappa shape index (κ1) is 23.4. The number of aromatic nitrogens is 2. The SMILES string of the molecule is Cc1ccc(-c2cc(C[SH](=O)=O)cc(C(=O)N[C@H](C)c3ccc(C(F)(F)F)nc3)c2)nc1. The van der Waals surface area contributed by atoms with Crippen molar-refractivity contribution >= 4 is 16.6 Å². The van der Waals surface area contributed by atoms with E-state index in [1.54, 1.807) is 31.3 Å². The maximum Gasteiger partial charge on any atom is 0.433 e. The van der Waals surface area contributed by atoms with Crippen molar-refractivity contribution in [2.75, 3.05) is 0 Å². The molecule has 0 fully saturated rings. The number of amides is 1. The van der Waals surface area contributed by atoms with Crippen molar-refractivity contribution in [1.29, 1.82) is 0 Å². The van der Waals surface area contributed by atoms with E-state index >= 15 is 0 Å². The van der Waals surface area contributed by atoms with E-state index in [2.05, 4.69) is 15.3 Å². The zero-order valence-electron chi connectivity index (χ0n) is 17.2. The van der Waals surface area contributed by atoms with Crippen LogP contribution in [0.15, 0.2) is 54.9 Å². The number of carbonyl (C=O) groups excluding carboxylic acids is 1. The van der Waals surface area contributed by atoms with E-state index in [9.17, 15) is 26.4 Å². The Kier molecular flexibility index (Phi) is 6.93. The number of halogens is 3. The van der Waals surface area contributed by atoms with Gasteiger partial charge in [-0.2, -0.15) is 13.2 Å². The fraction of sp³-hybridized carbons (Fsp3) is 0.227. The first-order valence-electron chi connectivity index (χ1n) is 9.56. The summed E-state index contributed by atoms with van der Waals surface area (Å²) in [5, 5.41) is 2.71. The number of hydrogen-bond acceptors (Lipinski definition) is 5. The number of alkyl halides is 3. The van der Waals surface area contributed by atoms with Crippen LogP contribution in [0.25, 0.3) is 11.3 Å². The van der Waals surface area contributed by atoms with Gasteiger partial charge in [-0.1, -0.05) is 12.1 Å². The second-order valence-corrected chi connectivity index (χ2v) is 8.28. The average molecular weight is 463 g/mol. The van der Waals surface area contributed by atoms with E-state index in [1.807, 2.05) is 13.0 Å². The molecule has 0 aliphatic heterocycles. The summed E-state index contributed by atoms with van der Waals surface area (Å²) >= 11 is 0. The molecule has 0 bridgehead atoms. The van der Waals surface area contributed by atoms with Crippen LogP contribution in [-0.4, -0.2) is 24.3 Å². The molecule has 0 saturated heterocycles. The van der Waals surface area contributed by atoms with E-state index < -0.39 is 34.5 Å². The van der Waals surface area contributed by atoms with Gasteiger partial charge in [-0.25, -0.2) is 8.42 Å². The predicted octanol–water partition coefficient (Wildman–Crippen LogP) is 4.07. The number of rotatable bonds is 6. The van der Waals surface area contributed by atoms with E-state index in [0.717, 1.165) is 17.8 Å². The van der Waals surface area contributed by atoms with Gasteiger partial charge in [-0.15, -0.1) is 0 Å². The predicted molar refractivity (Wildman–Crippen MR) is 114 cm³/mol. The van der Waals surface area contributed by atoms with Crippen molar-refractivity contribution < 1.29 is 26.4 Å². The Labute approximate surface area is 184 Å². The van der Waals surface area contributed by atoms with E-state index in [4.69, 9.17) is 0 Å². The van der Waals surface area contributed by atoms with Crippen LogP contribution in [0.5, 0.6) is 0 Å². The zero-order valence-corrected chi connectivity index (χ0v) is 18.1. The van der Waals surface area contributed by atoms with Gasteiger partial charge in [0.2, 0.25) is 0 Å². The number of nitrogens with zero attached hydrogens (tertiary/aromatic N) is 2. The third-order valence-electron chi connectivity index (χ3n) is 4.70. The van der Waals surface area contributed by atoms with Crippen molar-refractivity contribution in [2.24, 2.45) is 0 Å². The molecule has 2 heterocycles. The molecule has 168 valence electrons. The van der Waals surface area contributed by atoms with Crippen molar-refractivity contribution in [3.8, 4) is 11.3 Å². The van der Waals surface area contributed by atoms with Gasteiger partial charge in [0.15, 0.2) is 0 Å². The highest BCUT2D eigenvalue weighted by Gasteiger charge is 2.32. The normalized spacial score (nSPS) is 12.6. The minimum absolute atomic E-state index is 0.212. The van der Waals surface area contributed by atoms with Gasteiger partial charge in [0.05, 0.1) is 17.5 Å². The van der Waals surface area contributed by atoms with E-state index in [0.29, 0.717) is 22.4 Å². The number of pyridine rings is 2. The Hall–Kier alpha value is -3.27. The summed E-state index contributed by atoms with van der Waals surface area (Å²) in [7, 11) is -2.71. The van der Waals surface area contributed by atoms with Crippen LogP contribution in [-0.2, 0) is 22.6 Å². The number of nitrogens with one attached hydrogen (secondary N) is 1. The molecule has 3 aromatic rings. The maximum absolute atomic E-state index is 12.8. The molecule has 0 aliphatic rings. The summed E-state index contributed by atoms with van der Waals surface area (Å²) in [5.74, 6) is -0.748. The smallest absolute Gasteiger partial charge is 0.345 e. The Morgan fingerprint density at radius 3 is 2.38 bits per heavy atom. The first-order valence-corrected chi connectivity index (χ1v) is 10.9. The quantitative estimate of drug-likeness (QED) is 0.538. The van der Waals surface area contributed by atoms with Crippen molar-refractivity contribution in [3.63, 3.8) is 0 Å². The molecule has 10 heteroatoms. The molecule has 32 heavy (non-hydrogen) atoms. The van der Waals surface area contributed by atoms with Crippen molar-refractivity contribution in [3.05, 3.63) is 82.8 Å². The van der Waals surface area contributed by atoms with Crippen LogP contribution in [0, 0.1) is 6.92 Å². The minimum atomic E-state index is -4.55. The lowest BCUT2D eigenvalue weighted by atomic mass is 10.0. The van der Waals surface area contributed by atoms with Crippen LogP contribution in [0.4, 0.5) is 13.2 Å². The lowest BCUT2D eigenvalue weighted by molar-refractivity contribution is -0.141. The van der Waals surface area contributed by atoms with Crippen LogP contribution < -0.4 is 5.32 Å². The molecule has 6 nitrogen and oxygen atoms in total. The highest BCUT2D eigenvalue weighted by atomic mass is 32.2. The lowest BCUT2D eigenvalue weighted by Crippen LogP contribution is -2.27. The number of thiol groups is 1. The zero-order chi connectivity index (χ0) is 23.5. The van der Waals surface area contributed by atoms with E-state index in [1.165, 1.54) is 12.1 Å². The summed E-state index contributed by atoms with van der Waals surface area (Å²) in [6, 6.07) is 9.81. The Morgan fingerprint density at radius 2 is 1.81 bits per heavy atom. The summed E-state index contributed by atoms with van der Waals surface area (Å²) in [6.07, 6.45) is -1.82. The molecule has 1 atom stereocenters. The molecule has 0 unspecified atom stereocenters. The van der Waals surface area contributed by atoms with Gasteiger partial charge >= 0.3 is 6.18 Å². The number of hydrogen-bond donors (Lipinski definition) is 2. The summed E-state index contributed by atoms with van der Waals surface area (Å²) in [5.41, 5.74) is 2.11. The Morgan fingerprint density at radius 1 is 1.06 bits per heavy atom. The summed E-state index contributed by atoms with van der Waals surface area (Å²) in [6.45, 7) is 3.49. The molecule has 0 spiro atoms. The fourth-order valence-electron chi connectivity index (χ4n) is 3.04. The van der Waals surface area contributed by atoms with Crippen molar-refractivity contribution in [1.82, 2.24) is 15.3 Å². The van der Waals surface area contributed by atoms with Gasteiger partial charge in [0, 0.05) is 23.5 Å². The molecule has 0 radical (unpaired) electrons. The number of benzene rings is 1. The standard InChI is InChI=1S/C22H20F3N3O3S/c1-13-3-5-19(26-10-13)17-7-15(12-32(30)31)8-18(9-17)21(29)28-14(2)16-4-6-20(27-11-16)22(23,24)25/h3-11,14,32H,12H2,1-2H3,(H,28,29)/t14-/m1/s1. The van der Waals surface area contributed by atoms with Gasteiger partial charge in [0.1, 0.15) is 16.4 Å². The van der Waals surface area contributed by atoms with Gasteiger partial charge in [-0.05, 0) is 60.9 Å². The van der Waals surface area contributed by atoms with Crippen LogP contribution in [0.3, 0.4) is 0 Å². The molecule has 1 N–H and O–H groups in total. The molecular formula is C22H20F3N3O3S. The third-order valence-corrected chi connectivity index (χ3v) is 5.32. The largest absolute Gasteiger partial charge is 0.433 e. The van der Waals surface area contributed by atoms with Crippen LogP contribution >= 0.6 is 0 Å². The molecular weight excluding hydrogens is 443 g/mol. The Bertz CT molecular complexity index is 1180. The molecule has 0 aliphatic carbocycles. The second-order valence-electron chi connectivity index (χ2n) is 7.30. The molecule has 1 amide bonds. The lowest BCUT2D eigenvalue weighted by Gasteiger charge is -2.16. The molecule has 0 saturated carbocycles. The van der Waals surface area contributed by atoms with Crippen LogP contribution in [0.2, 0.25) is 0 Å². The molecule has 1 aromatic carbocycles. The summed E-state index contributed by atoms with van der Waals surface area (Å²) in [4.78, 5) is 20.6. The van der Waals surface area contributed by atoms with Gasteiger partial charge in [-0.3, -0.25) is 14.8 Å². The minimum Gasteiger partial charge on any atom is -0.345 e. The van der Waals surface area contributed by atoms with Gasteiger partial charge in [0.25, 0.3) is 5.91 Å². The summed E-state index contributed by atoms with van der Waals surface area (Å²) < 4.78 is 60.6. The Balaban J connectivity index is 1.87. The monoisotopic (exact) mass is 463 g/mol. The fourth-order valence-corrected chi connectivity index (χ4v) is 3.52. The third kappa shape index (κ3) is 5.91. The average Bonchev–Trinajstić information content (AvgIpc) is 2.73.